The predicted molar refractivity (Wildman–Crippen MR) is 60.0 cm³/mol. The van der Waals surface area contributed by atoms with E-state index in [0.717, 1.165) is 5.59 Å². The Labute approximate surface area is 95.3 Å². The van der Waals surface area contributed by atoms with Crippen molar-refractivity contribution in [3.05, 3.63) is 23.9 Å². The lowest BCUT2D eigenvalue weighted by molar-refractivity contribution is 0.0339. The maximum atomic E-state index is 8.65. The zero-order valence-corrected chi connectivity index (χ0v) is 9.43. The van der Waals surface area contributed by atoms with Gasteiger partial charge in [0.15, 0.2) is 0 Å². The molecule has 2 heterocycles. The maximum Gasteiger partial charge on any atom is 0.513 e. The van der Waals surface area contributed by atoms with Crippen LogP contribution in [0.3, 0.4) is 0 Å². The topological polar surface area (TPSA) is 55.1 Å². The average Bonchev–Trinajstić information content (AvgIpc) is 2.29. The highest BCUT2D eigenvalue weighted by molar-refractivity contribution is 6.60. The highest BCUT2D eigenvalue weighted by atomic mass is 16.6. The second-order valence-corrected chi connectivity index (χ2v) is 4.70. The minimum atomic E-state index is -0.402. The van der Waals surface area contributed by atoms with Crippen LogP contribution in [0.15, 0.2) is 18.3 Å². The minimum Gasteiger partial charge on any atom is -0.406 e. The molecule has 1 aromatic rings. The van der Waals surface area contributed by atoms with Crippen molar-refractivity contribution in [2.24, 2.45) is 5.41 Å². The molecule has 1 saturated heterocycles. The van der Waals surface area contributed by atoms with E-state index in [9.17, 15) is 0 Å². The third-order valence-corrected chi connectivity index (χ3v) is 2.41. The molecule has 0 saturated carbocycles. The number of hydrogen-bond acceptors (Lipinski definition) is 4. The summed E-state index contributed by atoms with van der Waals surface area (Å²) in [5.74, 6) is 0. The number of hydrogen-bond donors (Lipinski definition) is 0. The van der Waals surface area contributed by atoms with Crippen LogP contribution >= 0.6 is 0 Å². The van der Waals surface area contributed by atoms with Gasteiger partial charge in [0, 0.05) is 24.8 Å². The van der Waals surface area contributed by atoms with Crippen molar-refractivity contribution in [1.82, 2.24) is 4.98 Å². The first-order valence-corrected chi connectivity index (χ1v) is 5.20. The summed E-state index contributed by atoms with van der Waals surface area (Å²) in [5.41, 5.74) is 1.32. The van der Waals surface area contributed by atoms with E-state index in [-0.39, 0.29) is 5.41 Å². The number of rotatable bonds is 1. The van der Waals surface area contributed by atoms with Gasteiger partial charge in [0.1, 0.15) is 6.07 Å². The van der Waals surface area contributed by atoms with Gasteiger partial charge in [0.05, 0.1) is 11.2 Å². The summed E-state index contributed by atoms with van der Waals surface area (Å²) in [7, 11) is -0.402. The van der Waals surface area contributed by atoms with Gasteiger partial charge in [0.25, 0.3) is 0 Å². The molecule has 0 bridgehead atoms. The summed E-state index contributed by atoms with van der Waals surface area (Å²) in [6, 6.07) is 5.51. The first kappa shape index (κ1) is 11.1. The van der Waals surface area contributed by atoms with Crippen LogP contribution in [0, 0.1) is 16.7 Å². The normalized spacial score (nSPS) is 19.2. The van der Waals surface area contributed by atoms with Gasteiger partial charge in [-0.1, -0.05) is 13.8 Å². The third kappa shape index (κ3) is 2.41. The van der Waals surface area contributed by atoms with Gasteiger partial charge < -0.3 is 9.31 Å². The molecule has 0 amide bonds. The molecule has 0 atom stereocenters. The predicted octanol–water partition coefficient (Wildman–Crippen LogP) is 0.721. The molecule has 0 aromatic carbocycles. The maximum absolute atomic E-state index is 8.65. The molecule has 1 aliphatic rings. The first-order valence-electron chi connectivity index (χ1n) is 5.20. The van der Waals surface area contributed by atoms with Crippen LogP contribution in [-0.2, 0) is 9.31 Å². The molecule has 4 nitrogen and oxygen atoms in total. The van der Waals surface area contributed by atoms with Crippen LogP contribution in [0.2, 0.25) is 0 Å². The Bertz CT molecular complexity index is 401. The zero-order chi connectivity index (χ0) is 11.6. The summed E-state index contributed by atoms with van der Waals surface area (Å²) in [5, 5.41) is 8.65. The van der Waals surface area contributed by atoms with E-state index >= 15 is 0 Å². The quantitative estimate of drug-likeness (QED) is 0.649. The van der Waals surface area contributed by atoms with Gasteiger partial charge in [-0.3, -0.25) is 4.98 Å². The molecule has 82 valence electrons. The third-order valence-electron chi connectivity index (χ3n) is 2.41. The van der Waals surface area contributed by atoms with Gasteiger partial charge in [-0.25, -0.2) is 0 Å². The summed E-state index contributed by atoms with van der Waals surface area (Å²) >= 11 is 0. The lowest BCUT2D eigenvalue weighted by Crippen LogP contribution is -2.48. The molecule has 0 N–H and O–H groups in total. The van der Waals surface area contributed by atoms with Crippen LogP contribution in [-0.4, -0.2) is 25.3 Å². The van der Waals surface area contributed by atoms with Gasteiger partial charge >= 0.3 is 7.12 Å². The number of nitriles is 1. The van der Waals surface area contributed by atoms with Crippen molar-refractivity contribution in [1.29, 1.82) is 5.26 Å². The molecule has 1 fully saturated rings. The second kappa shape index (κ2) is 4.24. The van der Waals surface area contributed by atoms with Gasteiger partial charge in [-0.05, 0) is 12.1 Å². The fourth-order valence-corrected chi connectivity index (χ4v) is 1.47. The van der Waals surface area contributed by atoms with E-state index < -0.39 is 7.12 Å². The zero-order valence-electron chi connectivity index (χ0n) is 9.43. The highest BCUT2D eigenvalue weighted by Crippen LogP contribution is 2.20. The SMILES string of the molecule is CC1(C)COB(c2ccc(C#N)cn2)OC1. The molecule has 2 rings (SSSR count). The van der Waals surface area contributed by atoms with Crippen molar-refractivity contribution in [3.63, 3.8) is 0 Å². The standard InChI is InChI=1S/C11H13BN2O2/c1-11(2)7-15-12(16-8-11)10-4-3-9(5-13)6-14-10/h3-4,6H,7-8H2,1-2H3. The summed E-state index contributed by atoms with van der Waals surface area (Å²) in [6.07, 6.45) is 1.53. The molecule has 5 heteroatoms. The molecule has 0 spiro atoms. The van der Waals surface area contributed by atoms with Crippen LogP contribution in [0.5, 0.6) is 0 Å². The van der Waals surface area contributed by atoms with E-state index in [4.69, 9.17) is 14.6 Å². The minimum absolute atomic E-state index is 0.0586. The summed E-state index contributed by atoms with van der Waals surface area (Å²) in [4.78, 5) is 4.15. The molecule has 1 aliphatic heterocycles. The van der Waals surface area contributed by atoms with E-state index in [1.165, 1.54) is 6.20 Å². The van der Waals surface area contributed by atoms with E-state index in [0.29, 0.717) is 18.8 Å². The molecule has 0 radical (unpaired) electrons. The average molecular weight is 216 g/mol. The highest BCUT2D eigenvalue weighted by Gasteiger charge is 2.34. The summed E-state index contributed by atoms with van der Waals surface area (Å²) < 4.78 is 11.2. The molecule has 1 aromatic heterocycles. The van der Waals surface area contributed by atoms with Gasteiger partial charge in [-0.2, -0.15) is 5.26 Å². The Balaban J connectivity index is 2.06. The number of aromatic nitrogens is 1. The largest absolute Gasteiger partial charge is 0.513 e. The van der Waals surface area contributed by atoms with Crippen molar-refractivity contribution in [3.8, 4) is 6.07 Å². The van der Waals surface area contributed by atoms with Crippen molar-refractivity contribution in [2.75, 3.05) is 13.2 Å². The first-order chi connectivity index (χ1) is 7.61. The van der Waals surface area contributed by atoms with Gasteiger partial charge in [0.2, 0.25) is 0 Å². The van der Waals surface area contributed by atoms with E-state index in [1.807, 2.05) is 6.07 Å². The van der Waals surface area contributed by atoms with E-state index in [1.54, 1.807) is 12.1 Å². The van der Waals surface area contributed by atoms with Crippen molar-refractivity contribution >= 4 is 12.7 Å². The number of pyridine rings is 1. The lowest BCUT2D eigenvalue weighted by atomic mass is 9.79. The second-order valence-electron chi connectivity index (χ2n) is 4.70. The molecular weight excluding hydrogens is 203 g/mol. The Morgan fingerprint density at radius 2 is 2.06 bits per heavy atom. The van der Waals surface area contributed by atoms with Crippen molar-refractivity contribution in [2.45, 2.75) is 13.8 Å². The Morgan fingerprint density at radius 1 is 1.38 bits per heavy atom. The van der Waals surface area contributed by atoms with Gasteiger partial charge in [-0.15, -0.1) is 0 Å². The molecule has 0 aliphatic carbocycles. The number of nitrogens with zero attached hydrogens (tertiary/aromatic N) is 2. The molecule has 0 unspecified atom stereocenters. The van der Waals surface area contributed by atoms with Crippen molar-refractivity contribution < 1.29 is 9.31 Å². The fraction of sp³-hybridized carbons (Fsp3) is 0.455. The Hall–Kier alpha value is -1.38. The summed E-state index contributed by atoms with van der Waals surface area (Å²) in [6.45, 7) is 5.49. The van der Waals surface area contributed by atoms with Crippen LogP contribution < -0.4 is 5.59 Å². The Morgan fingerprint density at radius 3 is 2.56 bits per heavy atom. The Kier molecular flexibility index (Phi) is 2.95. The van der Waals surface area contributed by atoms with Crippen LogP contribution in [0.1, 0.15) is 19.4 Å². The lowest BCUT2D eigenvalue weighted by Gasteiger charge is -2.32. The van der Waals surface area contributed by atoms with Crippen LogP contribution in [0.4, 0.5) is 0 Å². The molecular formula is C11H13BN2O2. The molecule has 16 heavy (non-hydrogen) atoms. The monoisotopic (exact) mass is 216 g/mol. The smallest absolute Gasteiger partial charge is 0.406 e. The fourth-order valence-electron chi connectivity index (χ4n) is 1.47. The van der Waals surface area contributed by atoms with E-state index in [2.05, 4.69) is 18.8 Å². The van der Waals surface area contributed by atoms with Crippen LogP contribution in [0.25, 0.3) is 0 Å².